The maximum absolute atomic E-state index is 12.3. The molecule has 1 fully saturated rings. The number of carbonyl (C=O) groups is 1. The number of hydrogen-bond donors (Lipinski definition) is 1. The number of nitrogens with one attached hydrogen (secondary N) is 1. The predicted octanol–water partition coefficient (Wildman–Crippen LogP) is 1.36. The zero-order chi connectivity index (χ0) is 14.1. The van der Waals surface area contributed by atoms with Crippen molar-refractivity contribution >= 4 is 5.97 Å². The molecular weight excluding hydrogens is 246 g/mol. The average Bonchev–Trinajstić information content (AvgIpc) is 3.23. The van der Waals surface area contributed by atoms with Crippen LogP contribution in [0.1, 0.15) is 33.1 Å². The van der Waals surface area contributed by atoms with Crippen LogP contribution in [0.15, 0.2) is 0 Å². The van der Waals surface area contributed by atoms with Gasteiger partial charge in [-0.15, -0.1) is 0 Å². The van der Waals surface area contributed by atoms with Crippen molar-refractivity contribution in [3.8, 4) is 0 Å². The molecule has 1 saturated carbocycles. The van der Waals surface area contributed by atoms with Crippen molar-refractivity contribution in [2.45, 2.75) is 38.6 Å². The highest BCUT2D eigenvalue weighted by atomic mass is 16.5. The summed E-state index contributed by atoms with van der Waals surface area (Å²) in [6, 6.07) is 0. The fraction of sp³-hybridized carbons (Fsp3) is 0.929. The van der Waals surface area contributed by atoms with Crippen molar-refractivity contribution in [3.63, 3.8) is 0 Å². The van der Waals surface area contributed by atoms with Crippen molar-refractivity contribution < 1.29 is 19.0 Å². The maximum atomic E-state index is 12.3. The molecule has 1 aliphatic rings. The highest BCUT2D eigenvalue weighted by Crippen LogP contribution is 2.40. The first kappa shape index (κ1) is 16.4. The van der Waals surface area contributed by atoms with Crippen LogP contribution >= 0.6 is 0 Å². The zero-order valence-electron chi connectivity index (χ0n) is 12.4. The molecular formula is C14H27NO4. The van der Waals surface area contributed by atoms with E-state index in [1.54, 1.807) is 7.11 Å². The van der Waals surface area contributed by atoms with Gasteiger partial charge >= 0.3 is 5.97 Å². The predicted molar refractivity (Wildman–Crippen MR) is 73.1 cm³/mol. The fourth-order valence-electron chi connectivity index (χ4n) is 2.17. The molecule has 1 aliphatic carbocycles. The molecule has 0 heterocycles. The quantitative estimate of drug-likeness (QED) is 0.455. The van der Waals surface area contributed by atoms with E-state index in [0.717, 1.165) is 25.8 Å². The third-order valence-electron chi connectivity index (χ3n) is 3.37. The van der Waals surface area contributed by atoms with Gasteiger partial charge in [-0.05, 0) is 38.6 Å². The van der Waals surface area contributed by atoms with E-state index in [-0.39, 0.29) is 5.97 Å². The third kappa shape index (κ3) is 4.75. The molecule has 19 heavy (non-hydrogen) atoms. The molecule has 5 nitrogen and oxygen atoms in total. The van der Waals surface area contributed by atoms with Crippen molar-refractivity contribution in [2.24, 2.45) is 5.92 Å². The normalized spacial score (nSPS) is 18.1. The van der Waals surface area contributed by atoms with E-state index in [4.69, 9.17) is 14.2 Å². The Morgan fingerprint density at radius 2 is 2.05 bits per heavy atom. The van der Waals surface area contributed by atoms with Gasteiger partial charge in [0.1, 0.15) is 5.54 Å². The van der Waals surface area contributed by atoms with E-state index in [9.17, 15) is 4.79 Å². The summed E-state index contributed by atoms with van der Waals surface area (Å²) in [5, 5.41) is 3.37. The number of rotatable bonds is 11. The summed E-state index contributed by atoms with van der Waals surface area (Å²) in [6.45, 7) is 6.51. The van der Waals surface area contributed by atoms with Gasteiger partial charge < -0.3 is 14.2 Å². The zero-order valence-corrected chi connectivity index (χ0v) is 12.4. The largest absolute Gasteiger partial charge is 0.465 e. The smallest absolute Gasteiger partial charge is 0.329 e. The summed E-state index contributed by atoms with van der Waals surface area (Å²) < 4.78 is 15.8. The van der Waals surface area contributed by atoms with Crippen LogP contribution in [0, 0.1) is 5.92 Å². The third-order valence-corrected chi connectivity index (χ3v) is 3.37. The lowest BCUT2D eigenvalue weighted by Crippen LogP contribution is -2.58. The summed E-state index contributed by atoms with van der Waals surface area (Å²) >= 11 is 0. The Hall–Kier alpha value is -0.650. The maximum Gasteiger partial charge on any atom is 0.329 e. The number of esters is 1. The molecule has 0 aliphatic heterocycles. The second-order valence-corrected chi connectivity index (χ2v) is 4.94. The molecule has 1 N–H and O–H groups in total. The van der Waals surface area contributed by atoms with E-state index < -0.39 is 5.54 Å². The Bertz CT molecular complexity index is 268. The summed E-state index contributed by atoms with van der Waals surface area (Å²) in [6.07, 6.45) is 3.10. The van der Waals surface area contributed by atoms with Gasteiger partial charge in [-0.1, -0.05) is 6.92 Å². The van der Waals surface area contributed by atoms with Crippen LogP contribution in [0.2, 0.25) is 0 Å². The van der Waals surface area contributed by atoms with Crippen LogP contribution in [0.4, 0.5) is 0 Å². The number of hydrogen-bond acceptors (Lipinski definition) is 5. The molecule has 0 spiro atoms. The molecule has 0 bridgehead atoms. The van der Waals surface area contributed by atoms with Gasteiger partial charge in [-0.25, -0.2) is 4.79 Å². The lowest BCUT2D eigenvalue weighted by atomic mass is 9.94. The Morgan fingerprint density at radius 1 is 1.32 bits per heavy atom. The molecule has 0 aromatic carbocycles. The number of methoxy groups -OCH3 is 1. The molecule has 0 aromatic rings. The summed E-state index contributed by atoms with van der Waals surface area (Å²) in [5.41, 5.74) is -0.667. The van der Waals surface area contributed by atoms with Crippen molar-refractivity contribution in [2.75, 3.05) is 40.1 Å². The van der Waals surface area contributed by atoms with Crippen LogP contribution in [0.5, 0.6) is 0 Å². The Kier molecular flexibility index (Phi) is 7.34. The minimum atomic E-state index is -0.667. The molecule has 0 radical (unpaired) electrons. The minimum absolute atomic E-state index is 0.177. The molecule has 0 amide bonds. The average molecular weight is 273 g/mol. The SMILES string of the molecule is CCCNC(COCCOC)(C(=O)OCC)C1CC1. The van der Waals surface area contributed by atoms with Gasteiger partial charge in [0.2, 0.25) is 0 Å². The first-order valence-corrected chi connectivity index (χ1v) is 7.20. The summed E-state index contributed by atoms with van der Waals surface area (Å²) in [7, 11) is 1.64. The number of ether oxygens (including phenoxy) is 3. The van der Waals surface area contributed by atoms with Crippen LogP contribution in [0.25, 0.3) is 0 Å². The van der Waals surface area contributed by atoms with Gasteiger partial charge in [0.05, 0.1) is 26.4 Å². The standard InChI is InChI=1S/C14H27NO4/c1-4-8-15-14(12-6-7-12,13(16)19-5-2)11-18-10-9-17-3/h12,15H,4-11H2,1-3H3. The van der Waals surface area contributed by atoms with E-state index >= 15 is 0 Å². The van der Waals surface area contributed by atoms with Gasteiger partial charge in [0.25, 0.3) is 0 Å². The van der Waals surface area contributed by atoms with Crippen LogP contribution < -0.4 is 5.32 Å². The van der Waals surface area contributed by atoms with Crippen LogP contribution in [-0.4, -0.2) is 51.6 Å². The van der Waals surface area contributed by atoms with E-state index in [2.05, 4.69) is 12.2 Å². The molecule has 0 saturated heterocycles. The Labute approximate surface area is 116 Å². The van der Waals surface area contributed by atoms with E-state index in [0.29, 0.717) is 32.3 Å². The van der Waals surface area contributed by atoms with Gasteiger partial charge in [0, 0.05) is 7.11 Å². The first-order valence-electron chi connectivity index (χ1n) is 7.20. The van der Waals surface area contributed by atoms with Crippen molar-refractivity contribution in [3.05, 3.63) is 0 Å². The molecule has 112 valence electrons. The second kappa shape index (κ2) is 8.51. The van der Waals surface area contributed by atoms with E-state index in [1.165, 1.54) is 0 Å². The minimum Gasteiger partial charge on any atom is -0.465 e. The molecule has 0 aromatic heterocycles. The highest BCUT2D eigenvalue weighted by molar-refractivity contribution is 5.82. The van der Waals surface area contributed by atoms with Crippen LogP contribution in [-0.2, 0) is 19.0 Å². The van der Waals surface area contributed by atoms with Crippen molar-refractivity contribution in [1.82, 2.24) is 5.32 Å². The Balaban J connectivity index is 2.64. The lowest BCUT2D eigenvalue weighted by molar-refractivity contribution is -0.156. The van der Waals surface area contributed by atoms with Gasteiger partial charge in [-0.3, -0.25) is 5.32 Å². The summed E-state index contributed by atoms with van der Waals surface area (Å²) in [5.74, 6) is 0.156. The second-order valence-electron chi connectivity index (χ2n) is 4.94. The lowest BCUT2D eigenvalue weighted by Gasteiger charge is -2.32. The molecule has 1 unspecified atom stereocenters. The molecule has 1 rings (SSSR count). The highest BCUT2D eigenvalue weighted by Gasteiger charge is 2.52. The molecule has 1 atom stereocenters. The first-order chi connectivity index (χ1) is 9.21. The van der Waals surface area contributed by atoms with Crippen LogP contribution in [0.3, 0.4) is 0 Å². The summed E-state index contributed by atoms with van der Waals surface area (Å²) in [4.78, 5) is 12.3. The number of carbonyl (C=O) groups excluding carboxylic acids is 1. The molecule has 5 heteroatoms. The fourth-order valence-corrected chi connectivity index (χ4v) is 2.17. The van der Waals surface area contributed by atoms with Gasteiger partial charge in [-0.2, -0.15) is 0 Å². The topological polar surface area (TPSA) is 56.8 Å². The monoisotopic (exact) mass is 273 g/mol. The van der Waals surface area contributed by atoms with Crippen molar-refractivity contribution in [1.29, 1.82) is 0 Å². The Morgan fingerprint density at radius 3 is 2.58 bits per heavy atom. The van der Waals surface area contributed by atoms with Gasteiger partial charge in [0.15, 0.2) is 0 Å². The van der Waals surface area contributed by atoms with E-state index in [1.807, 2.05) is 6.92 Å².